The van der Waals surface area contributed by atoms with Crippen molar-refractivity contribution in [2.45, 2.75) is 52.2 Å². The van der Waals surface area contributed by atoms with Crippen molar-refractivity contribution in [1.29, 1.82) is 0 Å². The molecule has 1 aromatic rings. The van der Waals surface area contributed by atoms with E-state index in [-0.39, 0.29) is 35.9 Å². The third-order valence-electron chi connectivity index (χ3n) is 7.54. The molecule has 0 bridgehead atoms. The molecular formula is C24H28N2O5. The zero-order valence-corrected chi connectivity index (χ0v) is 18.1. The average Bonchev–Trinajstić information content (AvgIpc) is 3.40. The zero-order valence-electron chi connectivity index (χ0n) is 18.1. The summed E-state index contributed by atoms with van der Waals surface area (Å²) in [4.78, 5) is 40.7. The molecule has 0 aromatic heterocycles. The Morgan fingerprint density at radius 1 is 1.10 bits per heavy atom. The fraction of sp³-hybridized carbons (Fsp3) is 0.542. The van der Waals surface area contributed by atoms with Crippen molar-refractivity contribution in [2.24, 2.45) is 5.41 Å². The van der Waals surface area contributed by atoms with Gasteiger partial charge >= 0.3 is 11.9 Å². The van der Waals surface area contributed by atoms with Gasteiger partial charge in [-0.2, -0.15) is 0 Å². The van der Waals surface area contributed by atoms with Crippen molar-refractivity contribution in [3.63, 3.8) is 0 Å². The molecule has 0 N–H and O–H groups in total. The molecule has 4 aliphatic rings. The van der Waals surface area contributed by atoms with Crippen LogP contribution in [0.25, 0.3) is 0 Å². The summed E-state index contributed by atoms with van der Waals surface area (Å²) in [7, 11) is 0. The maximum atomic E-state index is 13.3. The molecule has 2 fully saturated rings. The van der Waals surface area contributed by atoms with Gasteiger partial charge in [-0.1, -0.05) is 6.07 Å². The largest absolute Gasteiger partial charge is 0.457 e. The molecule has 4 heterocycles. The second-order valence-electron chi connectivity index (χ2n) is 9.30. The van der Waals surface area contributed by atoms with Crippen LogP contribution in [0.15, 0.2) is 23.9 Å². The number of hydrogen-bond donors (Lipinski definition) is 0. The van der Waals surface area contributed by atoms with E-state index in [1.165, 1.54) is 11.6 Å². The quantitative estimate of drug-likeness (QED) is 0.691. The molecule has 0 unspecified atom stereocenters. The summed E-state index contributed by atoms with van der Waals surface area (Å²) in [6.45, 7) is 7.44. The number of amides is 1. The van der Waals surface area contributed by atoms with Crippen LogP contribution in [0, 0.1) is 12.3 Å². The first-order chi connectivity index (χ1) is 14.9. The van der Waals surface area contributed by atoms with Crippen molar-refractivity contribution in [2.75, 3.05) is 26.2 Å². The molecule has 1 aromatic carbocycles. The van der Waals surface area contributed by atoms with E-state index in [2.05, 4.69) is 18.7 Å². The number of benzene rings is 1. The minimum absolute atomic E-state index is 0.0961. The molecule has 1 amide bonds. The predicted octanol–water partition coefficient (Wildman–Crippen LogP) is 2.35. The van der Waals surface area contributed by atoms with Crippen LogP contribution in [-0.2, 0) is 32.1 Å². The number of piperidine rings is 1. The fourth-order valence-corrected chi connectivity index (χ4v) is 5.69. The first kappa shape index (κ1) is 20.2. The van der Waals surface area contributed by atoms with Gasteiger partial charge in [-0.15, -0.1) is 0 Å². The Hall–Kier alpha value is -2.67. The summed E-state index contributed by atoms with van der Waals surface area (Å²) in [6.07, 6.45) is 4.91. The van der Waals surface area contributed by atoms with E-state index >= 15 is 0 Å². The van der Waals surface area contributed by atoms with Crippen LogP contribution in [-0.4, -0.2) is 59.9 Å². The Labute approximate surface area is 182 Å². The average molecular weight is 424 g/mol. The van der Waals surface area contributed by atoms with Crippen LogP contribution in [0.2, 0.25) is 0 Å². The zero-order chi connectivity index (χ0) is 21.8. The van der Waals surface area contributed by atoms with E-state index in [1.807, 2.05) is 12.1 Å². The lowest BCUT2D eigenvalue weighted by atomic mass is 9.76. The standard InChI is InChI=1S/C24H28N2O5/c1-15-12-24(23(29)26(15)18-11-21(27)30-13-18)6-9-25(10-7-24)8-5-17-3-4-19-20(16(17)2)14-31-22(19)28/h3-4,11,15H,5-10,12-14H2,1-2H3/t15-/m0/s1. The smallest absolute Gasteiger partial charge is 0.338 e. The Balaban J connectivity index is 1.21. The molecule has 1 atom stereocenters. The highest BCUT2D eigenvalue weighted by Crippen LogP contribution is 2.46. The lowest BCUT2D eigenvalue weighted by molar-refractivity contribution is -0.138. The molecule has 31 heavy (non-hydrogen) atoms. The molecule has 2 saturated heterocycles. The lowest BCUT2D eigenvalue weighted by Gasteiger charge is -2.38. The van der Waals surface area contributed by atoms with E-state index in [0.29, 0.717) is 17.9 Å². The number of cyclic esters (lactones) is 2. The van der Waals surface area contributed by atoms with Gasteiger partial charge < -0.3 is 19.3 Å². The minimum Gasteiger partial charge on any atom is -0.457 e. The van der Waals surface area contributed by atoms with Gasteiger partial charge in [-0.05, 0) is 69.8 Å². The van der Waals surface area contributed by atoms with E-state index in [1.54, 1.807) is 4.90 Å². The van der Waals surface area contributed by atoms with Crippen molar-refractivity contribution in [3.05, 3.63) is 46.2 Å². The topological polar surface area (TPSA) is 76.2 Å². The predicted molar refractivity (Wildman–Crippen MR) is 112 cm³/mol. The Bertz CT molecular complexity index is 990. The van der Waals surface area contributed by atoms with Crippen LogP contribution in [0.5, 0.6) is 0 Å². The molecule has 0 aliphatic carbocycles. The highest BCUT2D eigenvalue weighted by molar-refractivity contribution is 5.94. The Morgan fingerprint density at radius 2 is 1.87 bits per heavy atom. The molecule has 4 aliphatic heterocycles. The lowest BCUT2D eigenvalue weighted by Crippen LogP contribution is -2.45. The third kappa shape index (κ3) is 3.35. The number of fused-ring (bicyclic) bond motifs is 1. The van der Waals surface area contributed by atoms with Crippen molar-refractivity contribution < 1.29 is 23.9 Å². The van der Waals surface area contributed by atoms with Gasteiger partial charge in [0.1, 0.15) is 13.2 Å². The van der Waals surface area contributed by atoms with Crippen LogP contribution >= 0.6 is 0 Å². The van der Waals surface area contributed by atoms with Crippen LogP contribution in [0.3, 0.4) is 0 Å². The highest BCUT2D eigenvalue weighted by Gasteiger charge is 2.52. The van der Waals surface area contributed by atoms with Crippen molar-refractivity contribution in [1.82, 2.24) is 9.80 Å². The molecule has 0 saturated carbocycles. The molecular weight excluding hydrogens is 396 g/mol. The number of rotatable bonds is 4. The molecule has 7 heteroatoms. The van der Waals surface area contributed by atoms with Crippen LogP contribution in [0.4, 0.5) is 0 Å². The van der Waals surface area contributed by atoms with Gasteiger partial charge in [0.25, 0.3) is 0 Å². The van der Waals surface area contributed by atoms with Crippen LogP contribution in [0.1, 0.15) is 53.2 Å². The molecule has 5 rings (SSSR count). The summed E-state index contributed by atoms with van der Waals surface area (Å²) in [5.74, 6) is -0.424. The summed E-state index contributed by atoms with van der Waals surface area (Å²) in [5, 5.41) is 0. The summed E-state index contributed by atoms with van der Waals surface area (Å²) >= 11 is 0. The number of hydrogen-bond acceptors (Lipinski definition) is 6. The van der Waals surface area contributed by atoms with Gasteiger partial charge in [0.15, 0.2) is 0 Å². The normalized spacial score (nSPS) is 25.1. The molecule has 164 valence electrons. The van der Waals surface area contributed by atoms with Crippen LogP contribution < -0.4 is 0 Å². The van der Waals surface area contributed by atoms with E-state index in [9.17, 15) is 14.4 Å². The van der Waals surface area contributed by atoms with Gasteiger partial charge in [0.2, 0.25) is 5.91 Å². The Morgan fingerprint density at radius 3 is 2.58 bits per heavy atom. The number of nitrogens with zero attached hydrogens (tertiary/aromatic N) is 2. The van der Waals surface area contributed by atoms with Gasteiger partial charge in [-0.25, -0.2) is 9.59 Å². The maximum absolute atomic E-state index is 13.3. The van der Waals surface area contributed by atoms with Crippen molar-refractivity contribution >= 4 is 17.8 Å². The third-order valence-corrected chi connectivity index (χ3v) is 7.54. The van der Waals surface area contributed by atoms with Gasteiger partial charge in [0.05, 0.1) is 16.7 Å². The van der Waals surface area contributed by atoms with Gasteiger partial charge in [-0.3, -0.25) is 4.79 Å². The highest BCUT2D eigenvalue weighted by atomic mass is 16.5. The summed E-state index contributed by atoms with van der Waals surface area (Å²) < 4.78 is 10.2. The minimum atomic E-state index is -0.358. The van der Waals surface area contributed by atoms with E-state index < -0.39 is 0 Å². The number of esters is 2. The SMILES string of the molecule is Cc1c(CCN2CCC3(CC2)C[C@H](C)N(C2=CC(=O)OC2)C3=O)ccc2c1COC2=O. The number of carbonyl (C=O) groups excluding carboxylic acids is 3. The molecule has 0 radical (unpaired) electrons. The number of ether oxygens (including phenoxy) is 2. The molecule has 7 nitrogen and oxygen atoms in total. The second-order valence-corrected chi connectivity index (χ2v) is 9.30. The van der Waals surface area contributed by atoms with E-state index in [4.69, 9.17) is 9.47 Å². The summed E-state index contributed by atoms with van der Waals surface area (Å²) in [6, 6.07) is 4.03. The fourth-order valence-electron chi connectivity index (χ4n) is 5.69. The number of carbonyl (C=O) groups is 3. The van der Waals surface area contributed by atoms with E-state index in [0.717, 1.165) is 56.4 Å². The maximum Gasteiger partial charge on any atom is 0.338 e. The monoisotopic (exact) mass is 424 g/mol. The first-order valence-corrected chi connectivity index (χ1v) is 11.1. The Kier molecular flexibility index (Phi) is 4.88. The molecule has 1 spiro atoms. The first-order valence-electron chi connectivity index (χ1n) is 11.1. The second kappa shape index (κ2) is 7.48. The van der Waals surface area contributed by atoms with Crippen molar-refractivity contribution in [3.8, 4) is 0 Å². The summed E-state index contributed by atoms with van der Waals surface area (Å²) in [5.41, 5.74) is 4.53. The number of likely N-dealkylation sites (tertiary alicyclic amines) is 2. The van der Waals surface area contributed by atoms with Gasteiger partial charge in [0, 0.05) is 24.2 Å².